The highest BCUT2D eigenvalue weighted by Gasteiger charge is 2.33. The molecule has 1 unspecified atom stereocenters. The van der Waals surface area contributed by atoms with Gasteiger partial charge in [0.2, 0.25) is 0 Å². The number of pyridine rings is 1. The first-order valence-electron chi connectivity index (χ1n) is 11.5. The van der Waals surface area contributed by atoms with Crippen LogP contribution in [0.15, 0.2) is 54.6 Å². The molecule has 0 spiro atoms. The third kappa shape index (κ3) is 3.54. The van der Waals surface area contributed by atoms with Crippen molar-refractivity contribution in [1.82, 2.24) is 14.3 Å². The highest BCUT2D eigenvalue weighted by molar-refractivity contribution is 5.86. The van der Waals surface area contributed by atoms with Crippen LogP contribution >= 0.6 is 0 Å². The Kier molecular flexibility index (Phi) is 5.53. The predicted octanol–water partition coefficient (Wildman–Crippen LogP) is 4.43. The molecule has 33 heavy (non-hydrogen) atoms. The van der Waals surface area contributed by atoms with Crippen LogP contribution in [0.3, 0.4) is 0 Å². The van der Waals surface area contributed by atoms with E-state index >= 15 is 0 Å². The van der Waals surface area contributed by atoms with Crippen molar-refractivity contribution in [2.24, 2.45) is 0 Å². The molecule has 0 radical (unpaired) electrons. The lowest BCUT2D eigenvalue weighted by molar-refractivity contribution is 0.178. The largest absolute Gasteiger partial charge is 0.388 e. The fourth-order valence-electron chi connectivity index (χ4n) is 5.23. The first-order chi connectivity index (χ1) is 16.0. The summed E-state index contributed by atoms with van der Waals surface area (Å²) in [5.41, 5.74) is 5.90. The second-order valence-corrected chi connectivity index (χ2v) is 9.08. The van der Waals surface area contributed by atoms with Gasteiger partial charge in [-0.25, -0.2) is 4.98 Å². The summed E-state index contributed by atoms with van der Waals surface area (Å²) < 4.78 is 2.15. The molecule has 2 atom stereocenters. The van der Waals surface area contributed by atoms with Gasteiger partial charge in [-0.2, -0.15) is 5.26 Å². The first kappa shape index (κ1) is 21.4. The van der Waals surface area contributed by atoms with Crippen LogP contribution in [0.1, 0.15) is 41.2 Å². The molecule has 1 N–H and O–H groups in total. The Morgan fingerprint density at radius 1 is 1.15 bits per heavy atom. The van der Waals surface area contributed by atoms with Gasteiger partial charge in [0.05, 0.1) is 28.9 Å². The van der Waals surface area contributed by atoms with E-state index in [0.717, 1.165) is 52.9 Å². The maximum atomic E-state index is 11.2. The smallest absolute Gasteiger partial charge is 0.157 e. The maximum Gasteiger partial charge on any atom is 0.157 e. The molecule has 1 fully saturated rings. The summed E-state index contributed by atoms with van der Waals surface area (Å²) in [7, 11) is 4.22. The number of hydrogen-bond acceptors (Lipinski definition) is 5. The summed E-state index contributed by atoms with van der Waals surface area (Å²) in [6.07, 6.45) is 2.17. The second kappa shape index (κ2) is 8.51. The van der Waals surface area contributed by atoms with Crippen LogP contribution < -0.4 is 4.90 Å². The van der Waals surface area contributed by atoms with E-state index in [1.165, 1.54) is 0 Å². The number of nitrogens with zero attached hydrogens (tertiary/aromatic N) is 5. The molecule has 1 aliphatic heterocycles. The fourth-order valence-corrected chi connectivity index (χ4v) is 5.23. The molecule has 3 heterocycles. The number of hydrogen-bond donors (Lipinski definition) is 1. The molecule has 2 aromatic carbocycles. The van der Waals surface area contributed by atoms with Crippen molar-refractivity contribution in [1.29, 1.82) is 5.26 Å². The molecule has 5 rings (SSSR count). The van der Waals surface area contributed by atoms with E-state index in [1.807, 2.05) is 55.5 Å². The summed E-state index contributed by atoms with van der Waals surface area (Å²) >= 11 is 0. The Hall–Kier alpha value is -3.40. The minimum atomic E-state index is -0.664. The van der Waals surface area contributed by atoms with Crippen LogP contribution in [0.4, 0.5) is 5.82 Å². The van der Waals surface area contributed by atoms with Gasteiger partial charge in [0.1, 0.15) is 11.9 Å². The highest BCUT2D eigenvalue weighted by atomic mass is 16.3. The van der Waals surface area contributed by atoms with Crippen LogP contribution in [0.25, 0.3) is 16.7 Å². The van der Waals surface area contributed by atoms with Crippen molar-refractivity contribution in [3.05, 3.63) is 76.9 Å². The van der Waals surface area contributed by atoms with Crippen LogP contribution in [-0.4, -0.2) is 46.2 Å². The van der Waals surface area contributed by atoms with Crippen LogP contribution in [0, 0.1) is 18.3 Å². The number of rotatable bonds is 5. The van der Waals surface area contributed by atoms with Crippen molar-refractivity contribution in [2.45, 2.75) is 38.5 Å². The summed E-state index contributed by atoms with van der Waals surface area (Å²) in [5, 5.41) is 21.3. The molecule has 0 aliphatic carbocycles. The summed E-state index contributed by atoms with van der Waals surface area (Å²) in [5.74, 6) is 1.04. The third-order valence-corrected chi connectivity index (χ3v) is 6.88. The van der Waals surface area contributed by atoms with Crippen LogP contribution in [0.5, 0.6) is 0 Å². The number of para-hydroxylation sites is 2. The Morgan fingerprint density at radius 3 is 2.61 bits per heavy atom. The van der Waals surface area contributed by atoms with E-state index < -0.39 is 6.10 Å². The number of aliphatic hydroxyl groups excluding tert-OH is 1. The monoisotopic (exact) mass is 439 g/mol. The predicted molar refractivity (Wildman–Crippen MR) is 131 cm³/mol. The van der Waals surface area contributed by atoms with Gasteiger partial charge in [-0.1, -0.05) is 42.5 Å². The Balaban J connectivity index is 1.82. The molecule has 0 saturated carbocycles. The number of fused-ring (bicyclic) bond motifs is 3. The van der Waals surface area contributed by atoms with E-state index in [9.17, 15) is 10.4 Å². The van der Waals surface area contributed by atoms with Gasteiger partial charge in [0.15, 0.2) is 5.65 Å². The van der Waals surface area contributed by atoms with E-state index in [4.69, 9.17) is 4.98 Å². The zero-order valence-corrected chi connectivity index (χ0v) is 19.4. The van der Waals surface area contributed by atoms with Crippen LogP contribution in [0.2, 0.25) is 0 Å². The number of nitriles is 1. The average Bonchev–Trinajstić information content (AvgIpc) is 3.46. The minimum Gasteiger partial charge on any atom is -0.388 e. The quantitative estimate of drug-likeness (QED) is 0.498. The van der Waals surface area contributed by atoms with Gasteiger partial charge in [-0.15, -0.1) is 0 Å². The minimum absolute atomic E-state index is 0.245. The normalized spacial score (nSPS) is 17.2. The Morgan fingerprint density at radius 2 is 1.88 bits per heavy atom. The second-order valence-electron chi connectivity index (χ2n) is 9.08. The summed E-state index contributed by atoms with van der Waals surface area (Å²) in [6.45, 7) is 2.92. The SMILES string of the molecule is Cc1c(CC(O)c2ccccc2)c(N2CCC[C@H]2N(C)C)n2c(nc3ccccc32)c1C#N. The van der Waals surface area contributed by atoms with E-state index in [-0.39, 0.29) is 6.17 Å². The number of aromatic nitrogens is 2. The van der Waals surface area contributed by atoms with Crippen molar-refractivity contribution in [3.8, 4) is 6.07 Å². The maximum absolute atomic E-state index is 11.2. The number of benzene rings is 2. The topological polar surface area (TPSA) is 67.8 Å². The van der Waals surface area contributed by atoms with Crippen LogP contribution in [-0.2, 0) is 6.42 Å². The molecule has 1 aliphatic rings. The standard InChI is InChI=1S/C27H29N5O/c1-18-20(16-24(33)19-10-5-4-6-11-19)27(31-15-9-14-25(31)30(2)3)32-23-13-8-7-12-22(23)29-26(32)21(18)17-28/h4-8,10-13,24-25,33H,9,14-16H2,1-3H3/t24?,25-/m0/s1. The van der Waals surface area contributed by atoms with E-state index in [0.29, 0.717) is 17.6 Å². The Labute approximate surface area is 194 Å². The van der Waals surface area contributed by atoms with E-state index in [1.54, 1.807) is 0 Å². The molecular formula is C27H29N5O. The van der Waals surface area contributed by atoms with E-state index in [2.05, 4.69) is 40.4 Å². The Bertz CT molecular complexity index is 1350. The number of anilines is 1. The zero-order valence-electron chi connectivity index (χ0n) is 19.4. The van der Waals surface area contributed by atoms with Crippen molar-refractivity contribution < 1.29 is 5.11 Å². The van der Waals surface area contributed by atoms with Crippen molar-refractivity contribution in [2.75, 3.05) is 25.5 Å². The lowest BCUT2D eigenvalue weighted by Crippen LogP contribution is -2.42. The molecule has 0 bridgehead atoms. The fraction of sp³-hybridized carbons (Fsp3) is 0.333. The average molecular weight is 440 g/mol. The van der Waals surface area contributed by atoms with Gasteiger partial charge in [0.25, 0.3) is 0 Å². The van der Waals surface area contributed by atoms with Crippen molar-refractivity contribution in [3.63, 3.8) is 0 Å². The third-order valence-electron chi connectivity index (χ3n) is 6.88. The molecule has 2 aromatic heterocycles. The summed E-state index contributed by atoms with van der Waals surface area (Å²) in [4.78, 5) is 9.55. The molecule has 1 saturated heterocycles. The highest BCUT2D eigenvalue weighted by Crippen LogP contribution is 2.38. The van der Waals surface area contributed by atoms with Gasteiger partial charge in [-0.3, -0.25) is 9.30 Å². The van der Waals surface area contributed by atoms with Gasteiger partial charge in [0, 0.05) is 18.5 Å². The van der Waals surface area contributed by atoms with Crippen molar-refractivity contribution >= 4 is 22.5 Å². The van der Waals surface area contributed by atoms with Gasteiger partial charge in [-0.05, 0) is 57.1 Å². The zero-order chi connectivity index (χ0) is 23.1. The molecule has 0 amide bonds. The number of aliphatic hydroxyl groups is 1. The summed E-state index contributed by atoms with van der Waals surface area (Å²) in [6, 6.07) is 20.2. The number of imidazole rings is 1. The lowest BCUT2D eigenvalue weighted by atomic mass is 9.95. The first-order valence-corrected chi connectivity index (χ1v) is 11.5. The lowest BCUT2D eigenvalue weighted by Gasteiger charge is -2.34. The molecule has 168 valence electrons. The molecule has 6 heteroatoms. The molecule has 6 nitrogen and oxygen atoms in total. The van der Waals surface area contributed by atoms with Gasteiger partial charge < -0.3 is 10.0 Å². The molecule has 4 aromatic rings. The van der Waals surface area contributed by atoms with Gasteiger partial charge >= 0.3 is 0 Å². The molecular weight excluding hydrogens is 410 g/mol.